The normalized spacial score (nSPS) is 16.4. The molecule has 0 heterocycles. The first-order chi connectivity index (χ1) is 12.0. The van der Waals surface area contributed by atoms with Crippen molar-refractivity contribution in [3.05, 3.63) is 77.4 Å². The maximum atomic E-state index is 13.0. The summed E-state index contributed by atoms with van der Waals surface area (Å²) in [5.41, 5.74) is 2.82. The molecule has 0 bridgehead atoms. The van der Waals surface area contributed by atoms with Gasteiger partial charge in [-0.1, -0.05) is 42.5 Å². The number of rotatable bonds is 4. The molecule has 2 aromatic carbocycles. The van der Waals surface area contributed by atoms with Gasteiger partial charge >= 0.3 is 0 Å². The zero-order valence-corrected chi connectivity index (χ0v) is 14.6. The van der Waals surface area contributed by atoms with E-state index in [1.54, 1.807) is 7.11 Å². The highest BCUT2D eigenvalue weighted by Gasteiger charge is 2.39. The van der Waals surface area contributed by atoms with Crippen LogP contribution in [0.5, 0.6) is 5.75 Å². The van der Waals surface area contributed by atoms with Gasteiger partial charge in [0.15, 0.2) is 12.1 Å². The van der Waals surface area contributed by atoms with E-state index in [2.05, 4.69) is 0 Å². The summed E-state index contributed by atoms with van der Waals surface area (Å²) in [6, 6.07) is 17.1. The Kier molecular flexibility index (Phi) is 4.41. The average Bonchev–Trinajstić information content (AvgIpc) is 2.64. The van der Waals surface area contributed by atoms with E-state index in [4.69, 9.17) is 4.74 Å². The molecule has 1 aliphatic carbocycles. The zero-order chi connectivity index (χ0) is 18.0. The highest BCUT2D eigenvalue weighted by molar-refractivity contribution is 6.27. The fourth-order valence-electron chi connectivity index (χ4n) is 3.17. The fourth-order valence-corrected chi connectivity index (χ4v) is 3.17. The minimum absolute atomic E-state index is 0.158. The Morgan fingerprint density at radius 3 is 2.12 bits per heavy atom. The maximum absolute atomic E-state index is 13.0. The standard InChI is InChI=1S/C22H20O3/c1-22(2)20(16-9-11-17(25-3)12-10-16)13-18(19(14-23)21(22)24)15-7-5-4-6-8-15/h4-14H,1-3H3. The van der Waals surface area contributed by atoms with E-state index in [0.29, 0.717) is 11.9 Å². The molecule has 0 unspecified atom stereocenters. The Labute approximate surface area is 147 Å². The van der Waals surface area contributed by atoms with Crippen LogP contribution in [-0.4, -0.2) is 19.2 Å². The highest BCUT2D eigenvalue weighted by atomic mass is 16.5. The smallest absolute Gasteiger partial charge is 0.176 e. The van der Waals surface area contributed by atoms with E-state index >= 15 is 0 Å². The zero-order valence-electron chi connectivity index (χ0n) is 14.6. The third-order valence-electron chi connectivity index (χ3n) is 4.67. The lowest BCUT2D eigenvalue weighted by molar-refractivity contribution is -0.122. The summed E-state index contributed by atoms with van der Waals surface area (Å²) in [6.45, 7) is 3.72. The van der Waals surface area contributed by atoms with Crippen molar-refractivity contribution in [2.24, 2.45) is 5.41 Å². The molecule has 0 saturated carbocycles. The molecular weight excluding hydrogens is 312 g/mol. The first-order valence-electron chi connectivity index (χ1n) is 8.15. The van der Waals surface area contributed by atoms with Crippen molar-refractivity contribution < 1.29 is 14.3 Å². The monoisotopic (exact) mass is 332 g/mol. The van der Waals surface area contributed by atoms with Gasteiger partial charge in [-0.25, -0.2) is 0 Å². The summed E-state index contributed by atoms with van der Waals surface area (Å²) in [7, 11) is 1.62. The number of benzene rings is 2. The molecule has 3 rings (SSSR count). The lowest BCUT2D eigenvalue weighted by Gasteiger charge is -2.32. The van der Waals surface area contributed by atoms with E-state index in [0.717, 1.165) is 22.4 Å². The third-order valence-corrected chi connectivity index (χ3v) is 4.67. The lowest BCUT2D eigenvalue weighted by Crippen LogP contribution is -2.31. The molecule has 0 aromatic heterocycles. The second kappa shape index (κ2) is 6.52. The quantitative estimate of drug-likeness (QED) is 0.618. The summed E-state index contributed by atoms with van der Waals surface area (Å²) >= 11 is 0. The first-order valence-corrected chi connectivity index (χ1v) is 8.15. The van der Waals surface area contributed by atoms with Crippen molar-refractivity contribution in [2.45, 2.75) is 13.8 Å². The van der Waals surface area contributed by atoms with E-state index in [1.807, 2.05) is 74.5 Å². The third kappa shape index (κ3) is 2.93. The van der Waals surface area contributed by atoms with Crippen molar-refractivity contribution in [3.63, 3.8) is 0 Å². The van der Waals surface area contributed by atoms with Crippen LogP contribution in [0.3, 0.4) is 0 Å². The average molecular weight is 332 g/mol. The van der Waals surface area contributed by atoms with Gasteiger partial charge in [-0.15, -0.1) is 0 Å². The maximum Gasteiger partial charge on any atom is 0.176 e. The van der Waals surface area contributed by atoms with Crippen LogP contribution in [0.2, 0.25) is 0 Å². The minimum Gasteiger partial charge on any atom is -0.497 e. The van der Waals surface area contributed by atoms with Gasteiger partial charge in [0.25, 0.3) is 0 Å². The molecule has 0 spiro atoms. The minimum atomic E-state index is -0.775. The van der Waals surface area contributed by atoms with Gasteiger partial charge in [-0.2, -0.15) is 0 Å². The van der Waals surface area contributed by atoms with Crippen molar-refractivity contribution in [1.82, 2.24) is 0 Å². The van der Waals surface area contributed by atoms with Gasteiger partial charge in [-0.05, 0) is 54.3 Å². The number of methoxy groups -OCH3 is 1. The highest BCUT2D eigenvalue weighted by Crippen LogP contribution is 2.44. The van der Waals surface area contributed by atoms with Crippen LogP contribution in [0.1, 0.15) is 25.0 Å². The largest absolute Gasteiger partial charge is 0.497 e. The summed E-state index contributed by atoms with van der Waals surface area (Å²) in [4.78, 5) is 24.7. The van der Waals surface area contributed by atoms with Gasteiger partial charge in [-0.3, -0.25) is 9.59 Å². The molecule has 3 nitrogen and oxygen atoms in total. The van der Waals surface area contributed by atoms with Crippen molar-refractivity contribution in [2.75, 3.05) is 7.11 Å². The lowest BCUT2D eigenvalue weighted by atomic mass is 9.69. The van der Waals surface area contributed by atoms with E-state index < -0.39 is 5.41 Å². The second-order valence-corrected chi connectivity index (χ2v) is 6.55. The molecule has 0 saturated heterocycles. The molecule has 2 aromatic rings. The van der Waals surface area contributed by atoms with Crippen LogP contribution in [0.4, 0.5) is 0 Å². The molecule has 0 fully saturated rings. The van der Waals surface area contributed by atoms with Gasteiger partial charge in [0.1, 0.15) is 5.75 Å². The Balaban J connectivity index is 2.21. The van der Waals surface area contributed by atoms with Gasteiger partial charge in [0.05, 0.1) is 18.1 Å². The number of Topliss-reactive ketones (excluding diaryl/α,β-unsaturated/α-hetero) is 1. The predicted octanol–water partition coefficient (Wildman–Crippen LogP) is 4.34. The molecule has 1 aliphatic rings. The molecule has 25 heavy (non-hydrogen) atoms. The van der Waals surface area contributed by atoms with Crippen LogP contribution in [0, 0.1) is 5.41 Å². The number of aldehydes is 1. The van der Waals surface area contributed by atoms with Crippen molar-refractivity contribution in [3.8, 4) is 5.75 Å². The number of ether oxygens (including phenoxy) is 1. The Morgan fingerprint density at radius 1 is 0.920 bits per heavy atom. The van der Waals surface area contributed by atoms with Crippen LogP contribution < -0.4 is 4.74 Å². The number of hydrogen-bond donors (Lipinski definition) is 0. The molecule has 0 N–H and O–H groups in total. The Morgan fingerprint density at radius 2 is 1.56 bits per heavy atom. The predicted molar refractivity (Wildman–Crippen MR) is 99.2 cm³/mol. The van der Waals surface area contributed by atoms with Crippen LogP contribution in [-0.2, 0) is 9.59 Å². The molecule has 0 amide bonds. The van der Waals surface area contributed by atoms with E-state index in [9.17, 15) is 9.59 Å². The van der Waals surface area contributed by atoms with Crippen LogP contribution >= 0.6 is 0 Å². The molecular formula is C22H20O3. The summed E-state index contributed by atoms with van der Waals surface area (Å²) < 4.78 is 5.21. The second-order valence-electron chi connectivity index (χ2n) is 6.55. The van der Waals surface area contributed by atoms with E-state index in [-0.39, 0.29) is 11.4 Å². The summed E-state index contributed by atoms with van der Waals surface area (Å²) in [5.74, 6) is 0.603. The van der Waals surface area contributed by atoms with E-state index in [1.165, 1.54) is 0 Å². The van der Waals surface area contributed by atoms with Gasteiger partial charge in [0, 0.05) is 0 Å². The van der Waals surface area contributed by atoms with Gasteiger partial charge in [0.2, 0.25) is 0 Å². The van der Waals surface area contributed by atoms with Crippen molar-refractivity contribution >= 4 is 23.2 Å². The van der Waals surface area contributed by atoms with Crippen LogP contribution in [0.15, 0.2) is 66.2 Å². The summed E-state index contributed by atoms with van der Waals surface area (Å²) in [5, 5.41) is 0. The number of carbonyl (C=O) groups excluding carboxylic acids is 2. The topological polar surface area (TPSA) is 43.4 Å². The van der Waals surface area contributed by atoms with Crippen molar-refractivity contribution in [1.29, 1.82) is 0 Å². The Hall–Kier alpha value is -2.94. The molecule has 0 atom stereocenters. The molecule has 0 radical (unpaired) electrons. The summed E-state index contributed by atoms with van der Waals surface area (Å²) in [6.07, 6.45) is 2.63. The van der Waals surface area contributed by atoms with Gasteiger partial charge < -0.3 is 4.74 Å². The number of carbonyl (C=O) groups is 2. The number of ketones is 1. The molecule has 126 valence electrons. The molecule has 0 aliphatic heterocycles. The van der Waals surface area contributed by atoms with Crippen LogP contribution in [0.25, 0.3) is 11.1 Å². The Bertz CT molecular complexity index is 869. The number of allylic oxidation sites excluding steroid dienone is 4. The number of hydrogen-bond acceptors (Lipinski definition) is 3. The first kappa shape index (κ1) is 16.9. The SMILES string of the molecule is COc1ccc(C2=CC(c3ccccc3)=C(C=O)C(=O)C2(C)C)cc1. The fraction of sp³-hybridized carbons (Fsp3) is 0.182. The molecule has 3 heteroatoms.